The van der Waals surface area contributed by atoms with Crippen molar-refractivity contribution in [2.75, 3.05) is 5.32 Å². The third-order valence-electron chi connectivity index (χ3n) is 3.52. The normalized spacial score (nSPS) is 20.9. The second-order valence-electron chi connectivity index (χ2n) is 4.99. The zero-order chi connectivity index (χ0) is 14.7. The van der Waals surface area contributed by atoms with Gasteiger partial charge in [0.25, 0.3) is 0 Å². The Labute approximate surface area is 122 Å². The maximum atomic E-state index is 12.4. The number of hydrogen-bond acceptors (Lipinski definition) is 3. The molecule has 0 radical (unpaired) electrons. The number of hydrogen-bond donors (Lipinski definition) is 1. The van der Waals surface area contributed by atoms with E-state index >= 15 is 0 Å². The summed E-state index contributed by atoms with van der Waals surface area (Å²) in [5, 5.41) is 2.83. The van der Waals surface area contributed by atoms with E-state index in [0.717, 1.165) is 5.56 Å². The molecule has 3 rings (SSSR count). The number of carbonyl (C=O) groups excluding carboxylic acids is 2. The van der Waals surface area contributed by atoms with E-state index in [9.17, 15) is 9.59 Å². The Morgan fingerprint density at radius 2 is 1.62 bits per heavy atom. The fraction of sp³-hybridized carbons (Fsp3) is 0.176. The minimum atomic E-state index is -0.512. The van der Waals surface area contributed by atoms with Gasteiger partial charge in [-0.05, 0) is 17.7 Å². The SMILES string of the molecule is O=C1C[C@H](C(=O)Nc2ccccc2)[C@@H](c2ccccc2)O1. The van der Waals surface area contributed by atoms with Crippen LogP contribution in [-0.2, 0) is 14.3 Å². The van der Waals surface area contributed by atoms with Gasteiger partial charge in [-0.25, -0.2) is 0 Å². The van der Waals surface area contributed by atoms with Gasteiger partial charge >= 0.3 is 5.97 Å². The number of carbonyl (C=O) groups is 2. The molecule has 0 bridgehead atoms. The molecule has 21 heavy (non-hydrogen) atoms. The summed E-state index contributed by atoms with van der Waals surface area (Å²) in [6.07, 6.45) is -0.402. The molecular weight excluding hydrogens is 266 g/mol. The lowest BCUT2D eigenvalue weighted by Gasteiger charge is -2.17. The van der Waals surface area contributed by atoms with Crippen LogP contribution in [0.3, 0.4) is 0 Å². The van der Waals surface area contributed by atoms with E-state index in [1.165, 1.54) is 0 Å². The topological polar surface area (TPSA) is 55.4 Å². The van der Waals surface area contributed by atoms with Gasteiger partial charge in [-0.15, -0.1) is 0 Å². The van der Waals surface area contributed by atoms with E-state index in [0.29, 0.717) is 5.69 Å². The third-order valence-corrected chi connectivity index (χ3v) is 3.52. The summed E-state index contributed by atoms with van der Waals surface area (Å²) < 4.78 is 5.32. The zero-order valence-electron chi connectivity index (χ0n) is 11.4. The largest absolute Gasteiger partial charge is 0.457 e. The predicted octanol–water partition coefficient (Wildman–Crippen LogP) is 2.93. The fourth-order valence-corrected chi connectivity index (χ4v) is 2.49. The first kappa shape index (κ1) is 13.4. The molecular formula is C17H15NO3. The lowest BCUT2D eigenvalue weighted by Crippen LogP contribution is -2.25. The van der Waals surface area contributed by atoms with Crippen molar-refractivity contribution in [2.45, 2.75) is 12.5 Å². The summed E-state index contributed by atoms with van der Waals surface area (Å²) >= 11 is 0. The summed E-state index contributed by atoms with van der Waals surface area (Å²) in [4.78, 5) is 24.0. The van der Waals surface area contributed by atoms with E-state index in [-0.39, 0.29) is 18.3 Å². The van der Waals surface area contributed by atoms with Crippen LogP contribution in [0.25, 0.3) is 0 Å². The molecule has 4 heteroatoms. The third kappa shape index (κ3) is 2.94. The molecule has 1 fully saturated rings. The monoisotopic (exact) mass is 281 g/mol. The molecule has 4 nitrogen and oxygen atoms in total. The number of benzene rings is 2. The average molecular weight is 281 g/mol. The molecule has 0 aromatic heterocycles. The van der Waals surface area contributed by atoms with E-state index in [1.807, 2.05) is 60.7 Å². The van der Waals surface area contributed by atoms with E-state index in [2.05, 4.69) is 5.32 Å². The Kier molecular flexibility index (Phi) is 3.69. The van der Waals surface area contributed by atoms with Crippen molar-refractivity contribution in [3.8, 4) is 0 Å². The molecule has 2 aromatic carbocycles. The molecule has 0 aliphatic carbocycles. The first-order valence-corrected chi connectivity index (χ1v) is 6.84. The lowest BCUT2D eigenvalue weighted by molar-refractivity contribution is -0.141. The minimum Gasteiger partial charge on any atom is -0.457 e. The van der Waals surface area contributed by atoms with Gasteiger partial charge in [-0.3, -0.25) is 9.59 Å². The highest BCUT2D eigenvalue weighted by Gasteiger charge is 2.40. The van der Waals surface area contributed by atoms with Crippen molar-refractivity contribution < 1.29 is 14.3 Å². The second-order valence-corrected chi connectivity index (χ2v) is 4.99. The summed E-state index contributed by atoms with van der Waals surface area (Å²) in [5.41, 5.74) is 1.56. The molecule has 0 spiro atoms. The molecule has 2 atom stereocenters. The van der Waals surface area contributed by atoms with Crippen molar-refractivity contribution in [1.29, 1.82) is 0 Å². The van der Waals surface area contributed by atoms with Crippen molar-refractivity contribution in [3.05, 3.63) is 66.2 Å². The minimum absolute atomic E-state index is 0.109. The molecule has 1 N–H and O–H groups in total. The van der Waals surface area contributed by atoms with Crippen LogP contribution in [0, 0.1) is 5.92 Å². The second kappa shape index (κ2) is 5.79. The molecule has 1 heterocycles. The van der Waals surface area contributed by atoms with Crippen LogP contribution in [0.5, 0.6) is 0 Å². The van der Waals surface area contributed by atoms with Gasteiger partial charge in [0.2, 0.25) is 5.91 Å². The van der Waals surface area contributed by atoms with E-state index < -0.39 is 12.0 Å². The number of esters is 1. The Morgan fingerprint density at radius 1 is 1.00 bits per heavy atom. The standard InChI is InChI=1S/C17H15NO3/c19-15-11-14(16(21-15)12-7-3-1-4-8-12)17(20)18-13-9-5-2-6-10-13/h1-10,14,16H,11H2,(H,18,20)/t14-,16+/m0/s1. The summed E-state index contributed by atoms with van der Waals surface area (Å²) in [7, 11) is 0. The number of ether oxygens (including phenoxy) is 1. The first-order valence-electron chi connectivity index (χ1n) is 6.84. The van der Waals surface area contributed by atoms with Gasteiger partial charge in [-0.2, -0.15) is 0 Å². The van der Waals surface area contributed by atoms with Crippen LogP contribution in [-0.4, -0.2) is 11.9 Å². The van der Waals surface area contributed by atoms with Crippen molar-refractivity contribution >= 4 is 17.6 Å². The van der Waals surface area contributed by atoms with Crippen molar-refractivity contribution in [2.24, 2.45) is 5.92 Å². The van der Waals surface area contributed by atoms with Crippen LogP contribution in [0.15, 0.2) is 60.7 Å². The van der Waals surface area contributed by atoms with Gasteiger partial charge in [0, 0.05) is 5.69 Å². The fourth-order valence-electron chi connectivity index (χ4n) is 2.49. The quantitative estimate of drug-likeness (QED) is 0.880. The summed E-state index contributed by atoms with van der Waals surface area (Å²) in [5.74, 6) is -1.03. The number of para-hydroxylation sites is 1. The summed E-state index contributed by atoms with van der Waals surface area (Å²) in [6, 6.07) is 18.6. The smallest absolute Gasteiger partial charge is 0.307 e. The van der Waals surface area contributed by atoms with Crippen LogP contribution in [0.2, 0.25) is 0 Å². The highest BCUT2D eigenvalue weighted by Crippen LogP contribution is 2.35. The van der Waals surface area contributed by atoms with Crippen LogP contribution >= 0.6 is 0 Å². The molecule has 0 saturated carbocycles. The first-order chi connectivity index (χ1) is 10.2. The predicted molar refractivity (Wildman–Crippen MR) is 78.5 cm³/mol. The number of anilines is 1. The number of amides is 1. The molecule has 1 saturated heterocycles. The van der Waals surface area contributed by atoms with Gasteiger partial charge in [0.1, 0.15) is 6.10 Å². The Bertz CT molecular complexity index is 640. The van der Waals surface area contributed by atoms with Gasteiger partial charge in [0.15, 0.2) is 0 Å². The Morgan fingerprint density at radius 3 is 2.29 bits per heavy atom. The van der Waals surface area contributed by atoms with Crippen molar-refractivity contribution in [1.82, 2.24) is 0 Å². The highest BCUT2D eigenvalue weighted by atomic mass is 16.6. The van der Waals surface area contributed by atoms with Crippen LogP contribution in [0.4, 0.5) is 5.69 Å². The van der Waals surface area contributed by atoms with Gasteiger partial charge < -0.3 is 10.1 Å². The number of nitrogens with one attached hydrogen (secondary N) is 1. The van der Waals surface area contributed by atoms with Crippen LogP contribution < -0.4 is 5.32 Å². The maximum absolute atomic E-state index is 12.4. The molecule has 1 amide bonds. The van der Waals surface area contributed by atoms with Gasteiger partial charge in [0.05, 0.1) is 12.3 Å². The molecule has 1 aliphatic rings. The van der Waals surface area contributed by atoms with Gasteiger partial charge in [-0.1, -0.05) is 48.5 Å². The van der Waals surface area contributed by atoms with Crippen LogP contribution in [0.1, 0.15) is 18.1 Å². The molecule has 1 aliphatic heterocycles. The number of cyclic esters (lactones) is 1. The Hall–Kier alpha value is -2.62. The summed E-state index contributed by atoms with van der Waals surface area (Å²) in [6.45, 7) is 0. The zero-order valence-corrected chi connectivity index (χ0v) is 11.4. The average Bonchev–Trinajstić information content (AvgIpc) is 2.91. The molecule has 0 unspecified atom stereocenters. The lowest BCUT2D eigenvalue weighted by atomic mass is 9.94. The molecule has 2 aromatic rings. The molecule has 106 valence electrons. The van der Waals surface area contributed by atoms with E-state index in [1.54, 1.807) is 0 Å². The maximum Gasteiger partial charge on any atom is 0.307 e. The van der Waals surface area contributed by atoms with E-state index in [4.69, 9.17) is 4.74 Å². The van der Waals surface area contributed by atoms with Crippen molar-refractivity contribution in [3.63, 3.8) is 0 Å². The Balaban J connectivity index is 1.79. The highest BCUT2D eigenvalue weighted by molar-refractivity contribution is 5.96. The number of rotatable bonds is 3.